The lowest BCUT2D eigenvalue weighted by Crippen LogP contribution is -2.12. The van der Waals surface area contributed by atoms with Gasteiger partial charge in [0.2, 0.25) is 0 Å². The Hall–Kier alpha value is -1.73. The Morgan fingerprint density at radius 1 is 1.19 bits per heavy atom. The number of nitrogens with one attached hydrogen (secondary N) is 1. The van der Waals surface area contributed by atoms with Crippen LogP contribution in [0.3, 0.4) is 0 Å². The first-order valence-corrected chi connectivity index (χ1v) is 7.73. The van der Waals surface area contributed by atoms with Gasteiger partial charge in [-0.15, -0.1) is 11.3 Å². The van der Waals surface area contributed by atoms with Crippen molar-refractivity contribution in [3.05, 3.63) is 53.7 Å². The molecule has 110 valence electrons. The molecule has 1 aromatic carbocycles. The number of hydrogen-bond acceptors (Lipinski definition) is 4. The second-order valence-electron chi connectivity index (χ2n) is 4.73. The summed E-state index contributed by atoms with van der Waals surface area (Å²) in [7, 11) is 0. The van der Waals surface area contributed by atoms with Crippen LogP contribution in [-0.4, -0.2) is 10.8 Å². The van der Waals surface area contributed by atoms with Crippen LogP contribution >= 0.6 is 27.3 Å². The molecule has 0 spiro atoms. The molecule has 1 heterocycles. The van der Waals surface area contributed by atoms with Gasteiger partial charge in [0.15, 0.2) is 0 Å². The van der Waals surface area contributed by atoms with Crippen LogP contribution in [-0.2, 0) is 0 Å². The van der Waals surface area contributed by atoms with Crippen molar-refractivity contribution in [3.8, 4) is 0 Å². The van der Waals surface area contributed by atoms with Crippen LogP contribution in [0.15, 0.2) is 22.0 Å². The molecule has 0 bridgehead atoms. The van der Waals surface area contributed by atoms with Gasteiger partial charge in [-0.3, -0.25) is 14.9 Å². The van der Waals surface area contributed by atoms with E-state index >= 15 is 0 Å². The van der Waals surface area contributed by atoms with Crippen LogP contribution in [0.25, 0.3) is 0 Å². The molecular weight excluding hydrogens is 356 g/mol. The number of thiophene rings is 1. The molecule has 2 rings (SSSR count). The average molecular weight is 369 g/mol. The van der Waals surface area contributed by atoms with Crippen LogP contribution in [0.1, 0.15) is 26.4 Å². The highest BCUT2D eigenvalue weighted by Gasteiger charge is 2.19. The van der Waals surface area contributed by atoms with Gasteiger partial charge in [-0.25, -0.2) is 0 Å². The van der Waals surface area contributed by atoms with Gasteiger partial charge in [0.05, 0.1) is 13.6 Å². The number of rotatable bonds is 3. The summed E-state index contributed by atoms with van der Waals surface area (Å²) in [5, 5.41) is 13.7. The van der Waals surface area contributed by atoms with Crippen molar-refractivity contribution in [3.63, 3.8) is 0 Å². The molecule has 1 N–H and O–H groups in total. The standard InChI is InChI=1S/C14H13BrN2O3S/c1-7-4-10(11(17(19)20)5-8(7)2)16-14(18)12-6-9(3)13(15)21-12/h4-6H,1-3H3,(H,16,18). The Kier molecular flexibility index (Phi) is 4.43. The van der Waals surface area contributed by atoms with Crippen molar-refractivity contribution in [1.82, 2.24) is 0 Å². The molecule has 0 aliphatic heterocycles. The molecule has 0 fully saturated rings. The zero-order valence-corrected chi connectivity index (χ0v) is 14.1. The monoisotopic (exact) mass is 368 g/mol. The second kappa shape index (κ2) is 5.95. The number of aryl methyl sites for hydroxylation is 3. The molecule has 0 aliphatic carbocycles. The molecule has 0 saturated heterocycles. The predicted octanol–water partition coefficient (Wildman–Crippen LogP) is 4.60. The minimum Gasteiger partial charge on any atom is -0.316 e. The van der Waals surface area contributed by atoms with Gasteiger partial charge in [-0.1, -0.05) is 0 Å². The Bertz CT molecular complexity index is 721. The molecule has 21 heavy (non-hydrogen) atoms. The summed E-state index contributed by atoms with van der Waals surface area (Å²) in [6.07, 6.45) is 0. The van der Waals surface area contributed by atoms with E-state index in [0.29, 0.717) is 4.88 Å². The van der Waals surface area contributed by atoms with Crippen molar-refractivity contribution in [2.75, 3.05) is 5.32 Å². The minimum atomic E-state index is -0.488. The third-order valence-electron chi connectivity index (χ3n) is 3.14. The molecular formula is C14H13BrN2O3S. The van der Waals surface area contributed by atoms with Crippen molar-refractivity contribution < 1.29 is 9.72 Å². The van der Waals surface area contributed by atoms with Gasteiger partial charge in [0, 0.05) is 6.07 Å². The van der Waals surface area contributed by atoms with Crippen LogP contribution in [0, 0.1) is 30.9 Å². The van der Waals surface area contributed by atoms with E-state index in [2.05, 4.69) is 21.2 Å². The molecule has 7 heteroatoms. The van der Waals surface area contributed by atoms with Crippen molar-refractivity contribution >= 4 is 44.5 Å². The summed E-state index contributed by atoms with van der Waals surface area (Å²) >= 11 is 4.66. The molecule has 0 saturated carbocycles. The second-order valence-corrected chi connectivity index (χ2v) is 7.10. The lowest BCUT2D eigenvalue weighted by atomic mass is 10.1. The quantitative estimate of drug-likeness (QED) is 0.635. The fraction of sp³-hybridized carbons (Fsp3) is 0.214. The van der Waals surface area contributed by atoms with E-state index in [-0.39, 0.29) is 17.3 Å². The van der Waals surface area contributed by atoms with Crippen molar-refractivity contribution in [1.29, 1.82) is 0 Å². The summed E-state index contributed by atoms with van der Waals surface area (Å²) in [5.74, 6) is -0.347. The number of anilines is 1. The Morgan fingerprint density at radius 2 is 1.81 bits per heavy atom. The SMILES string of the molecule is Cc1cc(NC(=O)c2cc(C)c(Br)s2)c([N+](=O)[O-])cc1C. The lowest BCUT2D eigenvalue weighted by Gasteiger charge is -2.08. The van der Waals surface area contributed by atoms with Gasteiger partial charge in [0.1, 0.15) is 5.69 Å². The maximum absolute atomic E-state index is 12.2. The maximum atomic E-state index is 12.2. The number of carbonyl (C=O) groups is 1. The summed E-state index contributed by atoms with van der Waals surface area (Å²) in [6, 6.07) is 4.85. The number of nitro groups is 1. The molecule has 0 aliphatic rings. The third-order valence-corrected chi connectivity index (χ3v) is 5.27. The van der Waals surface area contributed by atoms with E-state index in [4.69, 9.17) is 0 Å². The number of hydrogen-bond donors (Lipinski definition) is 1. The molecule has 0 unspecified atom stereocenters. The van der Waals surface area contributed by atoms with E-state index in [1.165, 1.54) is 17.4 Å². The Morgan fingerprint density at radius 3 is 2.33 bits per heavy atom. The van der Waals surface area contributed by atoms with E-state index in [0.717, 1.165) is 20.5 Å². The van der Waals surface area contributed by atoms with E-state index in [1.54, 1.807) is 19.1 Å². The highest BCUT2D eigenvalue weighted by atomic mass is 79.9. The van der Waals surface area contributed by atoms with E-state index in [1.807, 2.05) is 13.8 Å². The summed E-state index contributed by atoms with van der Waals surface area (Å²) in [4.78, 5) is 23.3. The fourth-order valence-corrected chi connectivity index (χ4v) is 3.24. The molecule has 5 nitrogen and oxygen atoms in total. The first kappa shape index (κ1) is 15.7. The van der Waals surface area contributed by atoms with Gasteiger partial charge >= 0.3 is 0 Å². The normalized spacial score (nSPS) is 10.5. The van der Waals surface area contributed by atoms with Gasteiger partial charge in [-0.05, 0) is 65.5 Å². The van der Waals surface area contributed by atoms with E-state index in [9.17, 15) is 14.9 Å². The molecule has 1 aromatic heterocycles. The number of amides is 1. The topological polar surface area (TPSA) is 72.2 Å². The summed E-state index contributed by atoms with van der Waals surface area (Å²) in [6.45, 7) is 5.53. The largest absolute Gasteiger partial charge is 0.316 e. The zero-order chi connectivity index (χ0) is 15.7. The molecule has 0 radical (unpaired) electrons. The van der Waals surface area contributed by atoms with Crippen LogP contribution in [0.4, 0.5) is 11.4 Å². The number of nitrogens with zero attached hydrogens (tertiary/aromatic N) is 1. The predicted molar refractivity (Wildman–Crippen MR) is 87.3 cm³/mol. The van der Waals surface area contributed by atoms with E-state index < -0.39 is 4.92 Å². The maximum Gasteiger partial charge on any atom is 0.293 e. The van der Waals surface area contributed by atoms with Crippen LogP contribution in [0.5, 0.6) is 0 Å². The highest BCUT2D eigenvalue weighted by molar-refractivity contribution is 9.11. The average Bonchev–Trinajstić information content (AvgIpc) is 2.73. The van der Waals surface area contributed by atoms with Crippen LogP contribution in [0.2, 0.25) is 0 Å². The third kappa shape index (κ3) is 3.30. The molecule has 0 atom stereocenters. The summed E-state index contributed by atoms with van der Waals surface area (Å²) in [5.41, 5.74) is 2.78. The smallest absolute Gasteiger partial charge is 0.293 e. The number of halogens is 1. The Balaban J connectivity index is 2.36. The number of benzene rings is 1. The highest BCUT2D eigenvalue weighted by Crippen LogP contribution is 2.31. The van der Waals surface area contributed by atoms with Crippen molar-refractivity contribution in [2.24, 2.45) is 0 Å². The first-order chi connectivity index (χ1) is 9.79. The fourth-order valence-electron chi connectivity index (χ4n) is 1.81. The van der Waals surface area contributed by atoms with Crippen molar-refractivity contribution in [2.45, 2.75) is 20.8 Å². The molecule has 1 amide bonds. The van der Waals surface area contributed by atoms with Crippen LogP contribution < -0.4 is 5.32 Å². The van der Waals surface area contributed by atoms with Gasteiger partial charge < -0.3 is 5.32 Å². The Labute approximate surface area is 134 Å². The number of carbonyl (C=O) groups excluding carboxylic acids is 1. The summed E-state index contributed by atoms with van der Waals surface area (Å²) < 4.78 is 0.877. The number of nitro benzene ring substituents is 1. The zero-order valence-electron chi connectivity index (χ0n) is 11.7. The minimum absolute atomic E-state index is 0.0983. The molecule has 2 aromatic rings. The first-order valence-electron chi connectivity index (χ1n) is 6.12. The van der Waals surface area contributed by atoms with Gasteiger partial charge in [0.25, 0.3) is 11.6 Å². The van der Waals surface area contributed by atoms with Gasteiger partial charge in [-0.2, -0.15) is 0 Å². The lowest BCUT2D eigenvalue weighted by molar-refractivity contribution is -0.384.